The molecule has 2 aromatic rings. The quantitative estimate of drug-likeness (QED) is 0.407. The number of nitrogens with zero attached hydrogens (tertiary/aromatic N) is 4. The number of aliphatic imine (C=N–C) groups is 1. The Labute approximate surface area is 162 Å². The van der Waals surface area contributed by atoms with Crippen LogP contribution in [0.1, 0.15) is 30.9 Å². The third-order valence-electron chi connectivity index (χ3n) is 3.79. The summed E-state index contributed by atoms with van der Waals surface area (Å²) >= 11 is 0. The van der Waals surface area contributed by atoms with E-state index in [1.54, 1.807) is 0 Å². The van der Waals surface area contributed by atoms with Crippen LogP contribution in [0.25, 0.3) is 0 Å². The fourth-order valence-electron chi connectivity index (χ4n) is 2.50. The normalized spacial score (nSPS) is 11.0. The monoisotopic (exact) mass is 441 g/mol. The van der Waals surface area contributed by atoms with Crippen molar-refractivity contribution in [3.63, 3.8) is 0 Å². The fourth-order valence-corrected chi connectivity index (χ4v) is 2.50. The van der Waals surface area contributed by atoms with E-state index < -0.39 is 0 Å². The van der Waals surface area contributed by atoms with Gasteiger partial charge in [0.15, 0.2) is 5.96 Å². The topological polar surface area (TPSA) is 45.5 Å². The minimum Gasteiger partial charge on any atom is -0.352 e. The summed E-state index contributed by atoms with van der Waals surface area (Å²) in [6.07, 6.45) is 8.00. The highest BCUT2D eigenvalue weighted by Crippen LogP contribution is 2.07. The van der Waals surface area contributed by atoms with Gasteiger partial charge in [0.2, 0.25) is 0 Å². The Morgan fingerprint density at radius 3 is 2.79 bits per heavy atom. The van der Waals surface area contributed by atoms with Crippen LogP contribution in [0.5, 0.6) is 0 Å². The first kappa shape index (κ1) is 20.5. The van der Waals surface area contributed by atoms with Crippen molar-refractivity contribution in [2.24, 2.45) is 4.99 Å². The molecule has 0 radical (unpaired) electrons. The van der Waals surface area contributed by atoms with Gasteiger partial charge in [-0.05, 0) is 17.5 Å². The van der Waals surface area contributed by atoms with Crippen LogP contribution < -0.4 is 5.32 Å². The molecule has 6 heteroatoms. The maximum absolute atomic E-state index is 4.36. The van der Waals surface area contributed by atoms with Gasteiger partial charge in [-0.25, -0.2) is 4.98 Å². The molecule has 24 heavy (non-hydrogen) atoms. The summed E-state index contributed by atoms with van der Waals surface area (Å²) in [5.41, 5.74) is 2.53. The van der Waals surface area contributed by atoms with Crippen LogP contribution in [0.2, 0.25) is 0 Å². The average molecular weight is 441 g/mol. The molecule has 2 rings (SSSR count). The Morgan fingerprint density at radius 1 is 1.33 bits per heavy atom. The number of rotatable bonds is 7. The van der Waals surface area contributed by atoms with Crippen LogP contribution >= 0.6 is 24.0 Å². The zero-order valence-electron chi connectivity index (χ0n) is 14.8. The molecule has 1 aromatic heterocycles. The molecule has 0 amide bonds. The summed E-state index contributed by atoms with van der Waals surface area (Å²) in [4.78, 5) is 10.6. The molecule has 0 bridgehead atoms. The third kappa shape index (κ3) is 6.51. The Kier molecular flexibility index (Phi) is 9.44. The lowest BCUT2D eigenvalue weighted by Crippen LogP contribution is -2.38. The summed E-state index contributed by atoms with van der Waals surface area (Å²) in [6.45, 7) is 4.85. The first-order valence-electron chi connectivity index (χ1n) is 8.18. The van der Waals surface area contributed by atoms with Crippen LogP contribution in [0.15, 0.2) is 48.0 Å². The molecule has 1 N–H and O–H groups in total. The lowest BCUT2D eigenvalue weighted by atomic mass is 10.1. The lowest BCUT2D eigenvalue weighted by Gasteiger charge is -2.22. The van der Waals surface area contributed by atoms with E-state index in [1.807, 2.05) is 25.8 Å². The SMILES string of the molecule is CCCCN(C)C(=NC)NCc1cccc(Cn2ccnc2)c1.I. The second-order valence-electron chi connectivity index (χ2n) is 5.73. The fraction of sp³-hybridized carbons (Fsp3) is 0.444. The number of unbranched alkanes of at least 4 members (excludes halogenated alkanes) is 1. The van der Waals surface area contributed by atoms with Gasteiger partial charge in [0.05, 0.1) is 6.33 Å². The van der Waals surface area contributed by atoms with Crippen molar-refractivity contribution in [2.75, 3.05) is 20.6 Å². The molecule has 132 valence electrons. The molecular weight excluding hydrogens is 413 g/mol. The van der Waals surface area contributed by atoms with E-state index in [1.165, 1.54) is 24.0 Å². The molecule has 0 atom stereocenters. The number of benzene rings is 1. The van der Waals surface area contributed by atoms with Crippen LogP contribution in [0.3, 0.4) is 0 Å². The minimum atomic E-state index is 0. The molecule has 0 saturated carbocycles. The molecule has 0 aliphatic carbocycles. The van der Waals surface area contributed by atoms with Gasteiger partial charge in [-0.3, -0.25) is 4.99 Å². The van der Waals surface area contributed by atoms with Crippen molar-refractivity contribution in [1.29, 1.82) is 0 Å². The van der Waals surface area contributed by atoms with Gasteiger partial charge in [0.25, 0.3) is 0 Å². The molecule has 1 heterocycles. The Balaban J connectivity index is 0.00000288. The number of aromatic nitrogens is 2. The van der Waals surface area contributed by atoms with Crippen molar-refractivity contribution < 1.29 is 0 Å². The molecule has 0 spiro atoms. The van der Waals surface area contributed by atoms with E-state index in [0.29, 0.717) is 0 Å². The van der Waals surface area contributed by atoms with E-state index in [2.05, 4.69) is 63.0 Å². The van der Waals surface area contributed by atoms with Gasteiger partial charge in [0, 0.05) is 46.1 Å². The Bertz CT molecular complexity index is 610. The number of nitrogens with one attached hydrogen (secondary N) is 1. The van der Waals surface area contributed by atoms with Crippen LogP contribution in [-0.4, -0.2) is 41.1 Å². The zero-order chi connectivity index (χ0) is 16.5. The zero-order valence-corrected chi connectivity index (χ0v) is 17.1. The molecule has 1 aromatic carbocycles. The van der Waals surface area contributed by atoms with Crippen molar-refractivity contribution in [1.82, 2.24) is 19.8 Å². The summed E-state index contributed by atoms with van der Waals surface area (Å²) < 4.78 is 2.07. The smallest absolute Gasteiger partial charge is 0.193 e. The molecule has 0 fully saturated rings. The molecule has 0 aliphatic heterocycles. The summed E-state index contributed by atoms with van der Waals surface area (Å²) in [7, 11) is 3.92. The maximum Gasteiger partial charge on any atom is 0.193 e. The maximum atomic E-state index is 4.36. The second-order valence-corrected chi connectivity index (χ2v) is 5.73. The van der Waals surface area contributed by atoms with Crippen molar-refractivity contribution in [3.05, 3.63) is 54.1 Å². The van der Waals surface area contributed by atoms with Gasteiger partial charge >= 0.3 is 0 Å². The molecular formula is C18H28IN5. The van der Waals surface area contributed by atoms with Crippen LogP contribution in [-0.2, 0) is 13.1 Å². The number of hydrogen-bond donors (Lipinski definition) is 1. The number of hydrogen-bond acceptors (Lipinski definition) is 2. The van der Waals surface area contributed by atoms with E-state index in [4.69, 9.17) is 0 Å². The number of halogens is 1. The predicted octanol–water partition coefficient (Wildman–Crippen LogP) is 3.36. The largest absolute Gasteiger partial charge is 0.352 e. The lowest BCUT2D eigenvalue weighted by molar-refractivity contribution is 0.464. The summed E-state index contributed by atoms with van der Waals surface area (Å²) in [5.74, 6) is 0.943. The number of imidazole rings is 1. The molecule has 0 saturated heterocycles. The molecule has 0 aliphatic rings. The van der Waals surface area contributed by atoms with E-state index in [9.17, 15) is 0 Å². The highest BCUT2D eigenvalue weighted by Gasteiger charge is 2.05. The van der Waals surface area contributed by atoms with Crippen molar-refractivity contribution in [3.8, 4) is 0 Å². The van der Waals surface area contributed by atoms with Crippen molar-refractivity contribution >= 4 is 29.9 Å². The van der Waals surface area contributed by atoms with E-state index in [0.717, 1.165) is 25.6 Å². The van der Waals surface area contributed by atoms with Gasteiger partial charge in [-0.2, -0.15) is 0 Å². The van der Waals surface area contributed by atoms with Gasteiger partial charge in [-0.1, -0.05) is 37.6 Å². The highest BCUT2D eigenvalue weighted by atomic mass is 127. The Morgan fingerprint density at radius 2 is 2.12 bits per heavy atom. The Hall–Kier alpha value is -1.57. The second kappa shape index (κ2) is 11.1. The number of guanidine groups is 1. The summed E-state index contributed by atoms with van der Waals surface area (Å²) in [5, 5.41) is 3.44. The first-order valence-corrected chi connectivity index (χ1v) is 8.18. The van der Waals surface area contributed by atoms with Gasteiger partial charge in [0.1, 0.15) is 0 Å². The standard InChI is InChI=1S/C18H27N5.HI/c1-4-5-10-22(3)18(19-2)21-13-16-7-6-8-17(12-16)14-23-11-9-20-15-23;/h6-9,11-12,15H,4-5,10,13-14H2,1-3H3,(H,19,21);1H. The van der Waals surface area contributed by atoms with Gasteiger partial charge in [-0.15, -0.1) is 24.0 Å². The highest BCUT2D eigenvalue weighted by molar-refractivity contribution is 14.0. The van der Waals surface area contributed by atoms with Crippen LogP contribution in [0.4, 0.5) is 0 Å². The average Bonchev–Trinajstić information content (AvgIpc) is 3.06. The van der Waals surface area contributed by atoms with Gasteiger partial charge < -0.3 is 14.8 Å². The van der Waals surface area contributed by atoms with E-state index >= 15 is 0 Å². The predicted molar refractivity (Wildman–Crippen MR) is 111 cm³/mol. The first-order chi connectivity index (χ1) is 11.2. The molecule has 0 unspecified atom stereocenters. The van der Waals surface area contributed by atoms with Crippen molar-refractivity contribution in [2.45, 2.75) is 32.9 Å². The molecule has 5 nitrogen and oxygen atoms in total. The third-order valence-corrected chi connectivity index (χ3v) is 3.79. The summed E-state index contributed by atoms with van der Waals surface area (Å²) in [6, 6.07) is 8.62. The van der Waals surface area contributed by atoms with E-state index in [-0.39, 0.29) is 24.0 Å². The van der Waals surface area contributed by atoms with Crippen LogP contribution in [0, 0.1) is 0 Å². The minimum absolute atomic E-state index is 0.